The first-order valence-corrected chi connectivity index (χ1v) is 9.69. The molecule has 0 spiro atoms. The Kier molecular flexibility index (Phi) is 5.11. The summed E-state index contributed by atoms with van der Waals surface area (Å²) >= 11 is 1.35. The van der Waals surface area contributed by atoms with Crippen molar-refractivity contribution in [3.63, 3.8) is 0 Å². The lowest BCUT2D eigenvalue weighted by molar-refractivity contribution is -0.0329. The molecule has 1 N–H and O–H groups in total. The van der Waals surface area contributed by atoms with Crippen LogP contribution in [0.1, 0.15) is 26.9 Å². The highest BCUT2D eigenvalue weighted by molar-refractivity contribution is 7.21. The summed E-state index contributed by atoms with van der Waals surface area (Å²) in [6.45, 7) is 2.72. The van der Waals surface area contributed by atoms with Crippen LogP contribution in [0, 0.1) is 0 Å². The molecule has 4 rings (SSSR count). The van der Waals surface area contributed by atoms with Gasteiger partial charge in [0, 0.05) is 24.3 Å². The van der Waals surface area contributed by atoms with Crippen LogP contribution in [-0.2, 0) is 11.3 Å². The maximum Gasteiger partial charge on any atom is 0.346 e. The third-order valence-electron chi connectivity index (χ3n) is 4.89. The molecule has 1 atom stereocenters. The van der Waals surface area contributed by atoms with Gasteiger partial charge in [0.05, 0.1) is 19.8 Å². The Labute approximate surface area is 161 Å². The summed E-state index contributed by atoms with van der Waals surface area (Å²) in [4.78, 5) is 14.4. The Morgan fingerprint density at radius 1 is 1.30 bits per heavy atom. The third kappa shape index (κ3) is 3.69. The lowest BCUT2D eigenvalue weighted by Crippen LogP contribution is -2.38. The minimum absolute atomic E-state index is 0.0490. The fourth-order valence-corrected chi connectivity index (χ4v) is 4.59. The number of fused-ring (bicyclic) bond motifs is 1. The van der Waals surface area contributed by atoms with Gasteiger partial charge in [0.1, 0.15) is 10.6 Å². The van der Waals surface area contributed by atoms with Crippen LogP contribution in [0.25, 0.3) is 10.1 Å². The number of carboxylic acid groups (broad SMARTS) is 1. The summed E-state index contributed by atoms with van der Waals surface area (Å²) in [5.74, 6) is -0.0472. The maximum atomic E-state index is 11.7. The fraction of sp³-hybridized carbons (Fsp3) is 0.286. The van der Waals surface area contributed by atoms with Crippen LogP contribution in [0.15, 0.2) is 48.5 Å². The van der Waals surface area contributed by atoms with Crippen LogP contribution in [-0.4, -0.2) is 42.8 Å². The smallest absolute Gasteiger partial charge is 0.346 e. The second kappa shape index (κ2) is 7.68. The van der Waals surface area contributed by atoms with Crippen LogP contribution >= 0.6 is 11.3 Å². The van der Waals surface area contributed by atoms with Crippen LogP contribution in [0.5, 0.6) is 5.75 Å². The maximum absolute atomic E-state index is 11.7. The molecule has 0 bridgehead atoms. The molecule has 27 heavy (non-hydrogen) atoms. The van der Waals surface area contributed by atoms with E-state index in [1.807, 2.05) is 48.5 Å². The molecule has 2 aromatic carbocycles. The molecule has 0 radical (unpaired) electrons. The zero-order valence-electron chi connectivity index (χ0n) is 15.1. The van der Waals surface area contributed by atoms with Crippen LogP contribution < -0.4 is 4.74 Å². The molecule has 1 aliphatic rings. The van der Waals surface area contributed by atoms with Crippen molar-refractivity contribution in [3.8, 4) is 5.75 Å². The van der Waals surface area contributed by atoms with Crippen molar-refractivity contribution in [2.24, 2.45) is 0 Å². The molecule has 2 heterocycles. The normalized spacial score (nSPS) is 17.9. The topological polar surface area (TPSA) is 59.0 Å². The van der Waals surface area contributed by atoms with Gasteiger partial charge in [-0.05, 0) is 34.7 Å². The van der Waals surface area contributed by atoms with E-state index < -0.39 is 5.97 Å². The number of nitrogens with zero attached hydrogens (tertiary/aromatic N) is 1. The second-order valence-corrected chi connectivity index (χ2v) is 7.63. The first kappa shape index (κ1) is 18.0. The quantitative estimate of drug-likeness (QED) is 0.716. The Morgan fingerprint density at radius 2 is 2.15 bits per heavy atom. The van der Waals surface area contributed by atoms with Gasteiger partial charge in [-0.3, -0.25) is 4.90 Å². The molecule has 1 unspecified atom stereocenters. The molecule has 5 nitrogen and oxygen atoms in total. The number of rotatable bonds is 5. The van der Waals surface area contributed by atoms with Gasteiger partial charge in [0.15, 0.2) is 0 Å². The Morgan fingerprint density at radius 3 is 2.96 bits per heavy atom. The summed E-state index contributed by atoms with van der Waals surface area (Å²) in [5, 5.41) is 10.7. The summed E-state index contributed by atoms with van der Waals surface area (Å²) < 4.78 is 12.3. The van der Waals surface area contributed by atoms with Crippen molar-refractivity contribution in [2.75, 3.05) is 26.8 Å². The number of aromatic carboxylic acids is 1. The van der Waals surface area contributed by atoms with E-state index in [-0.39, 0.29) is 6.10 Å². The molecule has 1 aromatic heterocycles. The summed E-state index contributed by atoms with van der Waals surface area (Å²) in [7, 11) is 1.66. The van der Waals surface area contributed by atoms with E-state index in [1.54, 1.807) is 7.11 Å². The average molecular weight is 383 g/mol. The average Bonchev–Trinajstić information content (AvgIpc) is 3.07. The molecular formula is C21H21NO4S. The largest absolute Gasteiger partial charge is 0.497 e. The molecule has 0 amide bonds. The van der Waals surface area contributed by atoms with Crippen molar-refractivity contribution in [1.82, 2.24) is 4.90 Å². The highest BCUT2D eigenvalue weighted by atomic mass is 32.1. The third-order valence-corrected chi connectivity index (χ3v) is 6.09. The minimum Gasteiger partial charge on any atom is -0.497 e. The van der Waals surface area contributed by atoms with Crippen molar-refractivity contribution in [1.29, 1.82) is 0 Å². The molecule has 1 fully saturated rings. The number of thiophene rings is 1. The Bertz CT molecular complexity index is 968. The SMILES string of the molecule is COc1cccc(C2CN(Cc3c(C(=O)O)sc4ccccc34)CCO2)c1. The first-order valence-electron chi connectivity index (χ1n) is 8.87. The summed E-state index contributed by atoms with van der Waals surface area (Å²) in [5.41, 5.74) is 1.97. The highest BCUT2D eigenvalue weighted by Crippen LogP contribution is 2.33. The Balaban J connectivity index is 1.59. The number of methoxy groups -OCH3 is 1. The molecule has 1 aliphatic heterocycles. The van der Waals surface area contributed by atoms with Gasteiger partial charge in [0.2, 0.25) is 0 Å². The van der Waals surface area contributed by atoms with Crippen molar-refractivity contribution < 1.29 is 19.4 Å². The zero-order chi connectivity index (χ0) is 18.8. The molecule has 0 saturated carbocycles. The summed E-state index contributed by atoms with van der Waals surface area (Å²) in [6, 6.07) is 15.8. The van der Waals surface area contributed by atoms with Gasteiger partial charge >= 0.3 is 5.97 Å². The van der Waals surface area contributed by atoms with Gasteiger partial charge in [-0.2, -0.15) is 0 Å². The number of morpholine rings is 1. The van der Waals surface area contributed by atoms with E-state index in [9.17, 15) is 9.90 Å². The monoisotopic (exact) mass is 383 g/mol. The summed E-state index contributed by atoms with van der Waals surface area (Å²) in [6.07, 6.45) is -0.0490. The van der Waals surface area contributed by atoms with E-state index in [2.05, 4.69) is 4.90 Å². The van der Waals surface area contributed by atoms with E-state index in [1.165, 1.54) is 11.3 Å². The van der Waals surface area contributed by atoms with Crippen molar-refractivity contribution >= 4 is 27.4 Å². The second-order valence-electron chi connectivity index (χ2n) is 6.58. The van der Waals surface area contributed by atoms with Gasteiger partial charge in [0.25, 0.3) is 0 Å². The lowest BCUT2D eigenvalue weighted by atomic mass is 10.1. The minimum atomic E-state index is -0.858. The zero-order valence-corrected chi connectivity index (χ0v) is 15.9. The van der Waals surface area contributed by atoms with E-state index in [4.69, 9.17) is 9.47 Å². The number of benzene rings is 2. The highest BCUT2D eigenvalue weighted by Gasteiger charge is 2.25. The van der Waals surface area contributed by atoms with E-state index >= 15 is 0 Å². The number of hydrogen-bond acceptors (Lipinski definition) is 5. The number of ether oxygens (including phenoxy) is 2. The van der Waals surface area contributed by atoms with Crippen LogP contribution in [0.2, 0.25) is 0 Å². The van der Waals surface area contributed by atoms with Gasteiger partial charge in [-0.15, -0.1) is 11.3 Å². The first-order chi connectivity index (χ1) is 13.2. The number of hydrogen-bond donors (Lipinski definition) is 1. The number of carboxylic acids is 1. The molecular weight excluding hydrogens is 362 g/mol. The van der Waals surface area contributed by atoms with E-state index in [0.29, 0.717) is 18.0 Å². The number of carbonyl (C=O) groups is 1. The molecule has 1 saturated heterocycles. The van der Waals surface area contributed by atoms with Crippen LogP contribution in [0.4, 0.5) is 0 Å². The van der Waals surface area contributed by atoms with Crippen molar-refractivity contribution in [2.45, 2.75) is 12.6 Å². The van der Waals surface area contributed by atoms with Gasteiger partial charge in [-0.1, -0.05) is 30.3 Å². The predicted molar refractivity (Wildman–Crippen MR) is 106 cm³/mol. The lowest BCUT2D eigenvalue weighted by Gasteiger charge is -2.33. The predicted octanol–water partition coefficient (Wildman–Crippen LogP) is 4.18. The molecule has 6 heteroatoms. The Hall–Kier alpha value is -2.41. The van der Waals surface area contributed by atoms with Crippen molar-refractivity contribution in [3.05, 3.63) is 64.5 Å². The molecule has 3 aromatic rings. The van der Waals surface area contributed by atoms with Gasteiger partial charge in [-0.25, -0.2) is 4.79 Å². The fourth-order valence-electron chi connectivity index (χ4n) is 3.54. The van der Waals surface area contributed by atoms with E-state index in [0.717, 1.165) is 40.1 Å². The molecule has 0 aliphatic carbocycles. The standard InChI is InChI=1S/C21H21NO4S/c1-25-15-6-4-5-14(11-15)18-13-22(9-10-26-18)12-17-16-7-2-3-8-19(16)27-20(17)21(23)24/h2-8,11,18H,9-10,12-13H2,1H3,(H,23,24). The molecule has 140 valence electrons. The van der Waals surface area contributed by atoms with Gasteiger partial charge < -0.3 is 14.6 Å². The van der Waals surface area contributed by atoms with Crippen LogP contribution in [0.3, 0.4) is 0 Å².